The number of para-hydroxylation sites is 2. The molecule has 0 atom stereocenters. The molecule has 0 aliphatic heterocycles. The number of benzene rings is 3. The number of ether oxygens (including phenoxy) is 1. The molecule has 10 heteroatoms. The molecule has 0 spiro atoms. The van der Waals surface area contributed by atoms with Crippen LogP contribution in [0.5, 0.6) is 5.75 Å². The number of nitrogens with one attached hydrogen (secondary N) is 3. The molecule has 0 aliphatic rings. The molecule has 3 heterocycles. The van der Waals surface area contributed by atoms with Crippen LogP contribution in [-0.4, -0.2) is 37.9 Å². The van der Waals surface area contributed by atoms with Crippen molar-refractivity contribution in [2.45, 2.75) is 13.8 Å². The first-order valence-corrected chi connectivity index (χ1v) is 13.9. The molecule has 43 heavy (non-hydrogen) atoms. The first kappa shape index (κ1) is 27.4. The normalized spacial score (nSPS) is 11.0. The number of fused-ring (bicyclic) bond motifs is 3. The van der Waals surface area contributed by atoms with Gasteiger partial charge in [0.2, 0.25) is 0 Å². The molecule has 0 radical (unpaired) electrons. The molecule has 3 N–H and O–H groups in total. The van der Waals surface area contributed by atoms with E-state index in [2.05, 4.69) is 39.2 Å². The summed E-state index contributed by atoms with van der Waals surface area (Å²) in [7, 11) is 0. The second-order valence-electron chi connectivity index (χ2n) is 10.3. The summed E-state index contributed by atoms with van der Waals surface area (Å²) in [6.45, 7) is 5.07. The van der Waals surface area contributed by atoms with Crippen molar-refractivity contribution in [1.82, 2.24) is 19.4 Å². The highest BCUT2D eigenvalue weighted by Gasteiger charge is 2.16. The van der Waals surface area contributed by atoms with E-state index in [-0.39, 0.29) is 5.91 Å². The number of amides is 2. The lowest BCUT2D eigenvalue weighted by Gasteiger charge is -2.13. The molecule has 2 amide bonds. The molecular weight excluding hydrogens is 542 g/mol. The Kier molecular flexibility index (Phi) is 7.64. The van der Waals surface area contributed by atoms with Gasteiger partial charge in [-0.05, 0) is 60.5 Å². The van der Waals surface area contributed by atoms with Gasteiger partial charge < -0.3 is 15.4 Å². The Balaban J connectivity index is 1.20. The maximum Gasteiger partial charge on any atom is 0.417 e. The summed E-state index contributed by atoms with van der Waals surface area (Å²) in [5.74, 6) is 1.28. The van der Waals surface area contributed by atoms with Crippen LogP contribution in [0.4, 0.5) is 22.0 Å². The zero-order valence-electron chi connectivity index (χ0n) is 23.6. The molecule has 0 aliphatic carbocycles. The van der Waals surface area contributed by atoms with Crippen molar-refractivity contribution in [1.29, 1.82) is 0 Å². The summed E-state index contributed by atoms with van der Waals surface area (Å²) < 4.78 is 7.33. The summed E-state index contributed by atoms with van der Waals surface area (Å²) in [6, 6.07) is 25.3. The fraction of sp³-hybridized carbons (Fsp3) is 0.121. The molecule has 0 saturated carbocycles. The van der Waals surface area contributed by atoms with E-state index in [0.717, 1.165) is 40.3 Å². The van der Waals surface area contributed by atoms with E-state index in [9.17, 15) is 9.59 Å². The monoisotopic (exact) mass is 571 g/mol. The Morgan fingerprint density at radius 3 is 2.40 bits per heavy atom. The van der Waals surface area contributed by atoms with Gasteiger partial charge in [-0.25, -0.2) is 14.8 Å². The van der Waals surface area contributed by atoms with Crippen LogP contribution in [0.25, 0.3) is 27.9 Å². The number of hydrogen-bond donors (Lipinski definition) is 3. The van der Waals surface area contributed by atoms with E-state index in [0.29, 0.717) is 28.6 Å². The zero-order valence-corrected chi connectivity index (χ0v) is 23.6. The van der Waals surface area contributed by atoms with Gasteiger partial charge in [-0.1, -0.05) is 44.2 Å². The zero-order chi connectivity index (χ0) is 29.8. The topological polar surface area (TPSA) is 123 Å². The van der Waals surface area contributed by atoms with Crippen molar-refractivity contribution in [2.24, 2.45) is 5.92 Å². The number of carbonyl (C=O) groups is 2. The van der Waals surface area contributed by atoms with Crippen LogP contribution in [-0.2, 0) is 0 Å². The molecular formula is C33H29N7O3. The molecule has 0 unspecified atom stereocenters. The molecule has 6 rings (SSSR count). The van der Waals surface area contributed by atoms with Gasteiger partial charge in [-0.3, -0.25) is 19.5 Å². The van der Waals surface area contributed by atoms with Gasteiger partial charge in [-0.15, -0.1) is 0 Å². The van der Waals surface area contributed by atoms with Crippen molar-refractivity contribution in [3.8, 4) is 17.0 Å². The van der Waals surface area contributed by atoms with Crippen LogP contribution in [0.2, 0.25) is 0 Å². The number of imidazole rings is 1. The quantitative estimate of drug-likeness (QED) is 0.182. The predicted octanol–water partition coefficient (Wildman–Crippen LogP) is 6.88. The fourth-order valence-electron chi connectivity index (χ4n) is 4.63. The summed E-state index contributed by atoms with van der Waals surface area (Å²) in [4.78, 5) is 38.7. The van der Waals surface area contributed by atoms with Crippen molar-refractivity contribution in [3.63, 3.8) is 0 Å². The number of aromatic nitrogens is 4. The van der Waals surface area contributed by atoms with Gasteiger partial charge in [0.05, 0.1) is 22.9 Å². The van der Waals surface area contributed by atoms with Crippen LogP contribution in [0.15, 0.2) is 104 Å². The number of carbonyl (C=O) groups excluding carboxylic acids is 2. The third kappa shape index (κ3) is 6.13. The van der Waals surface area contributed by atoms with Crippen molar-refractivity contribution in [2.75, 3.05) is 22.5 Å². The lowest BCUT2D eigenvalue weighted by Crippen LogP contribution is -2.17. The maximum atomic E-state index is 13.1. The smallest absolute Gasteiger partial charge is 0.410 e. The number of rotatable bonds is 8. The average molecular weight is 572 g/mol. The molecule has 6 aromatic rings. The molecule has 10 nitrogen and oxygen atoms in total. The van der Waals surface area contributed by atoms with E-state index in [1.165, 1.54) is 12.4 Å². The second kappa shape index (κ2) is 12.0. The fourth-order valence-corrected chi connectivity index (χ4v) is 4.63. The van der Waals surface area contributed by atoms with E-state index >= 15 is 0 Å². The predicted molar refractivity (Wildman–Crippen MR) is 168 cm³/mol. The molecule has 214 valence electrons. The second-order valence-corrected chi connectivity index (χ2v) is 10.3. The van der Waals surface area contributed by atoms with Gasteiger partial charge >= 0.3 is 6.09 Å². The third-order valence-corrected chi connectivity index (χ3v) is 6.68. The van der Waals surface area contributed by atoms with E-state index < -0.39 is 6.09 Å². The van der Waals surface area contributed by atoms with Gasteiger partial charge in [0.15, 0.2) is 11.5 Å². The molecule has 3 aromatic heterocycles. The first-order valence-electron chi connectivity index (χ1n) is 13.9. The lowest BCUT2D eigenvalue weighted by atomic mass is 10.1. The van der Waals surface area contributed by atoms with E-state index in [1.807, 2.05) is 42.6 Å². The van der Waals surface area contributed by atoms with Crippen LogP contribution in [0, 0.1) is 5.92 Å². The number of hydrogen-bond acceptors (Lipinski definition) is 7. The van der Waals surface area contributed by atoms with Gasteiger partial charge in [0.25, 0.3) is 5.91 Å². The van der Waals surface area contributed by atoms with Crippen LogP contribution in [0.1, 0.15) is 24.2 Å². The molecule has 0 bridgehead atoms. The lowest BCUT2D eigenvalue weighted by molar-refractivity contribution is 0.102. The highest BCUT2D eigenvalue weighted by molar-refractivity contribution is 6.05. The minimum Gasteiger partial charge on any atom is -0.410 e. The van der Waals surface area contributed by atoms with Gasteiger partial charge in [0, 0.05) is 41.4 Å². The largest absolute Gasteiger partial charge is 0.417 e. The summed E-state index contributed by atoms with van der Waals surface area (Å²) in [5, 5.41) is 8.98. The SMILES string of the molecule is CC(C)CNc1nc2ccccc2n2c(-c3ccc(C(=O)Nc4cccc(NC(=O)Oc5ccncc5)c4)cc3)cnc12. The standard InChI is InChI=1S/C33H29N7O3/c1-21(2)19-35-30-31-36-20-29(40(31)28-9-4-3-8-27(28)39-30)22-10-12-23(13-11-22)32(41)37-24-6-5-7-25(18-24)38-33(42)43-26-14-16-34-17-15-26/h3-18,20-21H,19H2,1-2H3,(H,35,39)(H,37,41)(H,38,42). The number of anilines is 3. The Morgan fingerprint density at radius 2 is 1.63 bits per heavy atom. The van der Waals surface area contributed by atoms with Gasteiger partial charge in [-0.2, -0.15) is 0 Å². The molecule has 0 saturated heterocycles. The minimum absolute atomic E-state index is 0.281. The average Bonchev–Trinajstić information content (AvgIpc) is 3.46. The minimum atomic E-state index is -0.649. The number of pyridine rings is 1. The third-order valence-electron chi connectivity index (χ3n) is 6.68. The van der Waals surface area contributed by atoms with E-state index in [4.69, 9.17) is 14.7 Å². The summed E-state index contributed by atoms with van der Waals surface area (Å²) >= 11 is 0. The Bertz CT molecular complexity index is 1920. The van der Waals surface area contributed by atoms with Crippen LogP contribution < -0.4 is 20.7 Å². The van der Waals surface area contributed by atoms with Crippen molar-refractivity contribution < 1.29 is 14.3 Å². The van der Waals surface area contributed by atoms with Crippen molar-refractivity contribution in [3.05, 3.63) is 109 Å². The Hall–Kier alpha value is -5.77. The van der Waals surface area contributed by atoms with E-state index in [1.54, 1.807) is 48.5 Å². The van der Waals surface area contributed by atoms with Crippen molar-refractivity contribution >= 4 is 45.9 Å². The van der Waals surface area contributed by atoms with Crippen LogP contribution >= 0.6 is 0 Å². The highest BCUT2D eigenvalue weighted by atomic mass is 16.6. The highest BCUT2D eigenvalue weighted by Crippen LogP contribution is 2.29. The van der Waals surface area contributed by atoms with Crippen LogP contribution in [0.3, 0.4) is 0 Å². The maximum absolute atomic E-state index is 13.1. The Labute approximate surface area is 247 Å². The summed E-state index contributed by atoms with van der Waals surface area (Å²) in [6.07, 6.45) is 4.25. The Morgan fingerprint density at radius 1 is 0.884 bits per heavy atom. The number of nitrogens with zero attached hydrogens (tertiary/aromatic N) is 4. The molecule has 3 aromatic carbocycles. The molecule has 0 fully saturated rings. The first-order chi connectivity index (χ1) is 20.9. The van der Waals surface area contributed by atoms with Gasteiger partial charge in [0.1, 0.15) is 5.75 Å². The summed E-state index contributed by atoms with van der Waals surface area (Å²) in [5.41, 5.74) is 5.84.